The van der Waals surface area contributed by atoms with Gasteiger partial charge in [-0.2, -0.15) is 15.0 Å². The van der Waals surface area contributed by atoms with E-state index >= 15 is 0 Å². The molecule has 0 bridgehead atoms. The Balaban J connectivity index is 2.93. The summed E-state index contributed by atoms with van der Waals surface area (Å²) in [6.45, 7) is 5.30. The van der Waals surface area contributed by atoms with Gasteiger partial charge in [-0.15, -0.1) is 0 Å². The maximum atomic E-state index is 11.5. The molecule has 0 aliphatic rings. The van der Waals surface area contributed by atoms with E-state index in [1.54, 1.807) is 11.9 Å². The van der Waals surface area contributed by atoms with Crippen LogP contribution in [0.25, 0.3) is 0 Å². The van der Waals surface area contributed by atoms with Crippen LogP contribution in [0.1, 0.15) is 26.7 Å². The second-order valence-electron chi connectivity index (χ2n) is 4.13. The van der Waals surface area contributed by atoms with E-state index in [-0.39, 0.29) is 23.7 Å². The summed E-state index contributed by atoms with van der Waals surface area (Å²) in [5.74, 6) is 0.229. The number of hydrogen-bond donors (Lipinski definition) is 1. The molecule has 1 aromatic rings. The molecule has 20 heavy (non-hydrogen) atoms. The highest BCUT2D eigenvalue weighted by Crippen LogP contribution is 2.15. The van der Waals surface area contributed by atoms with E-state index < -0.39 is 0 Å². The minimum atomic E-state index is -0.119. The average molecular weight is 302 g/mol. The predicted octanol–water partition coefficient (Wildman–Crippen LogP) is 1.28. The fourth-order valence-corrected chi connectivity index (χ4v) is 1.64. The number of likely N-dealkylation sites (N-methyl/N-ethyl adjacent to an activating group) is 1. The molecular weight excluding hydrogens is 282 g/mol. The number of carbonyl (C=O) groups excluding carboxylic acids is 1. The Morgan fingerprint density at radius 1 is 1.30 bits per heavy atom. The number of nitrogens with zero attached hydrogens (tertiary/aromatic N) is 4. The minimum Gasteiger partial charge on any atom is -0.463 e. The Morgan fingerprint density at radius 3 is 2.65 bits per heavy atom. The van der Waals surface area contributed by atoms with E-state index in [4.69, 9.17) is 16.3 Å². The van der Waals surface area contributed by atoms with Gasteiger partial charge in [0.05, 0.1) is 13.2 Å². The minimum absolute atomic E-state index is 0.0547. The largest absolute Gasteiger partial charge is 0.463 e. The van der Waals surface area contributed by atoms with Crippen LogP contribution in [0.2, 0.25) is 5.28 Å². The highest BCUT2D eigenvalue weighted by Gasteiger charge is 2.15. The molecule has 1 N–H and O–H groups in total. The van der Waals surface area contributed by atoms with Crippen molar-refractivity contribution in [2.45, 2.75) is 26.7 Å². The van der Waals surface area contributed by atoms with Gasteiger partial charge in [0.2, 0.25) is 17.1 Å². The van der Waals surface area contributed by atoms with Gasteiger partial charge in [0.1, 0.15) is 0 Å². The quantitative estimate of drug-likeness (QED) is 0.779. The van der Waals surface area contributed by atoms with Crippen molar-refractivity contribution in [1.82, 2.24) is 20.3 Å². The summed E-state index contributed by atoms with van der Waals surface area (Å²) >= 11 is 5.87. The molecule has 7 nitrogen and oxygen atoms in total. The van der Waals surface area contributed by atoms with Crippen LogP contribution in [0.15, 0.2) is 0 Å². The SMILES string of the molecule is CCCOc1nc(Cl)nc(N(CCC)CC(=O)NC)n1. The van der Waals surface area contributed by atoms with Gasteiger partial charge < -0.3 is 15.0 Å². The first kappa shape index (κ1) is 16.4. The van der Waals surface area contributed by atoms with Crippen LogP contribution in [0.5, 0.6) is 6.01 Å². The number of hydrogen-bond acceptors (Lipinski definition) is 6. The topological polar surface area (TPSA) is 80.2 Å². The highest BCUT2D eigenvalue weighted by atomic mass is 35.5. The summed E-state index contributed by atoms with van der Waals surface area (Å²) < 4.78 is 5.36. The molecule has 8 heteroatoms. The lowest BCUT2D eigenvalue weighted by molar-refractivity contribution is -0.119. The maximum Gasteiger partial charge on any atom is 0.322 e. The van der Waals surface area contributed by atoms with Gasteiger partial charge in [-0.1, -0.05) is 13.8 Å². The van der Waals surface area contributed by atoms with Crippen LogP contribution in [0.4, 0.5) is 5.95 Å². The third kappa shape index (κ3) is 5.16. The number of nitrogens with one attached hydrogen (secondary N) is 1. The van der Waals surface area contributed by atoms with Crippen molar-refractivity contribution in [1.29, 1.82) is 0 Å². The average Bonchev–Trinajstić information content (AvgIpc) is 2.43. The van der Waals surface area contributed by atoms with Crippen LogP contribution >= 0.6 is 11.6 Å². The van der Waals surface area contributed by atoms with Crippen molar-refractivity contribution in [2.24, 2.45) is 0 Å². The highest BCUT2D eigenvalue weighted by molar-refractivity contribution is 6.28. The van der Waals surface area contributed by atoms with Gasteiger partial charge in [-0.3, -0.25) is 4.79 Å². The predicted molar refractivity (Wildman–Crippen MR) is 77.2 cm³/mol. The zero-order valence-electron chi connectivity index (χ0n) is 12.0. The summed E-state index contributed by atoms with van der Waals surface area (Å²) in [5.41, 5.74) is 0. The molecule has 0 aliphatic carbocycles. The van der Waals surface area contributed by atoms with E-state index in [1.165, 1.54) is 0 Å². The molecule has 1 heterocycles. The van der Waals surface area contributed by atoms with E-state index in [0.29, 0.717) is 19.1 Å². The second kappa shape index (κ2) is 8.52. The first-order valence-electron chi connectivity index (χ1n) is 6.60. The zero-order valence-corrected chi connectivity index (χ0v) is 12.8. The van der Waals surface area contributed by atoms with Crippen molar-refractivity contribution in [3.8, 4) is 6.01 Å². The Bertz CT molecular complexity index is 444. The smallest absolute Gasteiger partial charge is 0.322 e. The van der Waals surface area contributed by atoms with Gasteiger partial charge in [-0.25, -0.2) is 0 Å². The number of amides is 1. The van der Waals surface area contributed by atoms with Crippen LogP contribution in [0.3, 0.4) is 0 Å². The summed E-state index contributed by atoms with van der Waals surface area (Å²) in [7, 11) is 1.59. The first-order chi connectivity index (χ1) is 9.60. The number of anilines is 1. The van der Waals surface area contributed by atoms with E-state index in [2.05, 4.69) is 20.3 Å². The molecule has 0 radical (unpaired) electrons. The third-order valence-corrected chi connectivity index (χ3v) is 2.57. The number of ether oxygens (including phenoxy) is 1. The summed E-state index contributed by atoms with van der Waals surface area (Å²) in [5, 5.41) is 2.63. The Kier molecular flexibility index (Phi) is 7.00. The van der Waals surface area contributed by atoms with E-state index in [1.807, 2.05) is 13.8 Å². The van der Waals surface area contributed by atoms with E-state index in [0.717, 1.165) is 12.8 Å². The third-order valence-electron chi connectivity index (χ3n) is 2.40. The fourth-order valence-electron chi connectivity index (χ4n) is 1.49. The summed E-state index contributed by atoms with van der Waals surface area (Å²) in [6, 6.07) is 0.180. The van der Waals surface area contributed by atoms with Crippen molar-refractivity contribution >= 4 is 23.5 Å². The van der Waals surface area contributed by atoms with Gasteiger partial charge >= 0.3 is 6.01 Å². The molecule has 0 saturated heterocycles. The second-order valence-corrected chi connectivity index (χ2v) is 4.47. The molecule has 1 aromatic heterocycles. The van der Waals surface area contributed by atoms with Crippen LogP contribution in [-0.2, 0) is 4.79 Å². The summed E-state index contributed by atoms with van der Waals surface area (Å²) in [6.07, 6.45) is 1.70. The van der Waals surface area contributed by atoms with Crippen LogP contribution < -0.4 is 15.0 Å². The molecule has 0 fully saturated rings. The molecule has 0 unspecified atom stereocenters. The van der Waals surface area contributed by atoms with Crippen LogP contribution in [-0.4, -0.2) is 47.6 Å². The lowest BCUT2D eigenvalue weighted by Crippen LogP contribution is -2.37. The van der Waals surface area contributed by atoms with Crippen molar-refractivity contribution in [3.05, 3.63) is 5.28 Å². The van der Waals surface area contributed by atoms with Crippen molar-refractivity contribution in [3.63, 3.8) is 0 Å². The standard InChI is InChI=1S/C12H20ClN5O2/c1-4-6-18(8-9(19)14-3)11-15-10(13)16-12(17-11)20-7-5-2/h4-8H2,1-3H3,(H,14,19). The molecule has 112 valence electrons. The van der Waals surface area contributed by atoms with Gasteiger partial charge in [0.25, 0.3) is 0 Å². The number of aromatic nitrogens is 3. The molecular formula is C12H20ClN5O2. The summed E-state index contributed by atoms with van der Waals surface area (Å²) in [4.78, 5) is 25.4. The number of carbonyl (C=O) groups is 1. The number of halogens is 1. The molecule has 0 spiro atoms. The molecule has 0 aliphatic heterocycles. The molecule has 0 atom stereocenters. The molecule has 1 rings (SSSR count). The Morgan fingerprint density at radius 2 is 2.05 bits per heavy atom. The fraction of sp³-hybridized carbons (Fsp3) is 0.667. The normalized spacial score (nSPS) is 10.2. The van der Waals surface area contributed by atoms with Gasteiger partial charge in [-0.05, 0) is 24.4 Å². The molecule has 0 aromatic carbocycles. The lowest BCUT2D eigenvalue weighted by atomic mass is 10.4. The molecule has 0 saturated carbocycles. The van der Waals surface area contributed by atoms with E-state index in [9.17, 15) is 4.79 Å². The lowest BCUT2D eigenvalue weighted by Gasteiger charge is -2.21. The molecule has 1 amide bonds. The first-order valence-corrected chi connectivity index (χ1v) is 6.98. The monoisotopic (exact) mass is 301 g/mol. The van der Waals surface area contributed by atoms with Gasteiger partial charge in [0, 0.05) is 13.6 Å². The van der Waals surface area contributed by atoms with Crippen molar-refractivity contribution < 1.29 is 9.53 Å². The number of rotatable bonds is 8. The maximum absolute atomic E-state index is 11.5. The van der Waals surface area contributed by atoms with Gasteiger partial charge in [0.15, 0.2) is 0 Å². The van der Waals surface area contributed by atoms with Crippen LogP contribution in [0, 0.1) is 0 Å². The Labute approximate surface area is 123 Å². The zero-order chi connectivity index (χ0) is 15.0. The van der Waals surface area contributed by atoms with Crippen molar-refractivity contribution in [2.75, 3.05) is 31.6 Å². The Hall–Kier alpha value is -1.63.